The summed E-state index contributed by atoms with van der Waals surface area (Å²) < 4.78 is 4.52. The summed E-state index contributed by atoms with van der Waals surface area (Å²) in [4.78, 5) is 23.4. The van der Waals surface area contributed by atoms with Crippen LogP contribution in [0.3, 0.4) is 0 Å². The summed E-state index contributed by atoms with van der Waals surface area (Å²) in [6.45, 7) is 0.648. The molecule has 1 atom stereocenters. The third-order valence-corrected chi connectivity index (χ3v) is 2.14. The predicted octanol–water partition coefficient (Wildman–Crippen LogP) is -0.793. The van der Waals surface area contributed by atoms with Gasteiger partial charge in [0.2, 0.25) is 5.91 Å². The van der Waals surface area contributed by atoms with Crippen molar-refractivity contribution in [3.8, 4) is 0 Å². The van der Waals surface area contributed by atoms with Crippen LogP contribution in [-0.2, 0) is 9.53 Å². The second-order valence-corrected chi connectivity index (χ2v) is 2.88. The molecule has 1 fully saturated rings. The van der Waals surface area contributed by atoms with E-state index in [9.17, 15) is 9.59 Å². The summed E-state index contributed by atoms with van der Waals surface area (Å²) in [6.07, 6.45) is 0.676. The molecule has 0 aromatic carbocycles. The Labute approximate surface area is 76.0 Å². The van der Waals surface area contributed by atoms with Gasteiger partial charge in [0.15, 0.2) is 0 Å². The van der Waals surface area contributed by atoms with Crippen LogP contribution < -0.4 is 11.3 Å². The van der Waals surface area contributed by atoms with Crippen LogP contribution in [-0.4, -0.2) is 36.6 Å². The van der Waals surface area contributed by atoms with Gasteiger partial charge in [-0.05, 0) is 6.42 Å². The van der Waals surface area contributed by atoms with E-state index in [2.05, 4.69) is 4.74 Å². The fourth-order valence-electron chi connectivity index (χ4n) is 1.28. The van der Waals surface area contributed by atoms with Crippen LogP contribution in [0.5, 0.6) is 0 Å². The van der Waals surface area contributed by atoms with Gasteiger partial charge in [0, 0.05) is 19.0 Å². The number of ether oxygens (including phenoxy) is 1. The molecule has 0 aliphatic carbocycles. The second kappa shape index (κ2) is 4.08. The van der Waals surface area contributed by atoms with E-state index in [1.807, 2.05) is 5.43 Å². The first-order chi connectivity index (χ1) is 6.19. The second-order valence-electron chi connectivity index (χ2n) is 2.88. The summed E-state index contributed by atoms with van der Waals surface area (Å²) in [7, 11) is 1.32. The molecule has 0 saturated carbocycles. The normalized spacial score (nSPS) is 20.5. The van der Waals surface area contributed by atoms with Crippen LogP contribution in [0.15, 0.2) is 0 Å². The highest BCUT2D eigenvalue weighted by Crippen LogP contribution is 2.20. The average Bonchev–Trinajstić information content (AvgIpc) is 2.11. The van der Waals surface area contributed by atoms with E-state index in [-0.39, 0.29) is 24.5 Å². The highest BCUT2D eigenvalue weighted by atomic mass is 16.5. The van der Waals surface area contributed by atoms with Gasteiger partial charge in [-0.25, -0.2) is 10.6 Å². The van der Waals surface area contributed by atoms with Gasteiger partial charge >= 0.3 is 6.09 Å². The number of likely N-dealkylation sites (tertiary alicyclic amines) is 1. The SMILES string of the molecule is COC(=O)N1CCC1CC(=O)NN. The number of nitrogens with zero attached hydrogens (tertiary/aromatic N) is 1. The third-order valence-electron chi connectivity index (χ3n) is 2.14. The van der Waals surface area contributed by atoms with Crippen LogP contribution in [0.25, 0.3) is 0 Å². The Balaban J connectivity index is 2.36. The van der Waals surface area contributed by atoms with Crippen molar-refractivity contribution < 1.29 is 14.3 Å². The van der Waals surface area contributed by atoms with Crippen molar-refractivity contribution in [2.24, 2.45) is 5.84 Å². The van der Waals surface area contributed by atoms with Gasteiger partial charge in [0.1, 0.15) is 0 Å². The first-order valence-corrected chi connectivity index (χ1v) is 4.03. The number of methoxy groups -OCH3 is 1. The Morgan fingerprint density at radius 1 is 1.69 bits per heavy atom. The van der Waals surface area contributed by atoms with E-state index < -0.39 is 0 Å². The van der Waals surface area contributed by atoms with Crippen molar-refractivity contribution in [1.82, 2.24) is 10.3 Å². The molecule has 0 aromatic rings. The quantitative estimate of drug-likeness (QED) is 0.337. The molecule has 2 amide bonds. The molecule has 1 aliphatic rings. The van der Waals surface area contributed by atoms with Gasteiger partial charge in [-0.3, -0.25) is 10.2 Å². The molecule has 0 radical (unpaired) electrons. The molecule has 3 N–H and O–H groups in total. The molecule has 0 bridgehead atoms. The molecule has 1 aliphatic heterocycles. The van der Waals surface area contributed by atoms with Crippen molar-refractivity contribution >= 4 is 12.0 Å². The first-order valence-electron chi connectivity index (χ1n) is 4.03. The number of carbonyl (C=O) groups is 2. The maximum absolute atomic E-state index is 11.0. The van der Waals surface area contributed by atoms with Crippen molar-refractivity contribution in [2.45, 2.75) is 18.9 Å². The van der Waals surface area contributed by atoms with Gasteiger partial charge in [-0.2, -0.15) is 0 Å². The van der Waals surface area contributed by atoms with Crippen LogP contribution in [0.2, 0.25) is 0 Å². The molecule has 0 aromatic heterocycles. The van der Waals surface area contributed by atoms with E-state index in [1.54, 1.807) is 0 Å². The molecular formula is C7H13N3O3. The lowest BCUT2D eigenvalue weighted by Crippen LogP contribution is -2.53. The van der Waals surface area contributed by atoms with E-state index in [4.69, 9.17) is 5.84 Å². The predicted molar refractivity (Wildman–Crippen MR) is 44.5 cm³/mol. The van der Waals surface area contributed by atoms with Crippen molar-refractivity contribution in [3.63, 3.8) is 0 Å². The Bertz CT molecular complexity index is 219. The Hall–Kier alpha value is -1.30. The number of nitrogens with two attached hydrogens (primary N) is 1. The summed E-state index contributed by atoms with van der Waals surface area (Å²) in [6, 6.07) is -0.0593. The van der Waals surface area contributed by atoms with E-state index in [0.717, 1.165) is 6.42 Å². The lowest BCUT2D eigenvalue weighted by Gasteiger charge is -2.39. The van der Waals surface area contributed by atoms with E-state index >= 15 is 0 Å². The molecule has 13 heavy (non-hydrogen) atoms. The molecular weight excluding hydrogens is 174 g/mol. The van der Waals surface area contributed by atoms with Crippen molar-refractivity contribution in [2.75, 3.05) is 13.7 Å². The van der Waals surface area contributed by atoms with Crippen molar-refractivity contribution in [1.29, 1.82) is 0 Å². The Morgan fingerprint density at radius 2 is 2.38 bits per heavy atom. The molecule has 1 heterocycles. The standard InChI is InChI=1S/C7H13N3O3/c1-13-7(12)10-3-2-5(10)4-6(11)9-8/h5H,2-4,8H2,1H3,(H,9,11). The van der Waals surface area contributed by atoms with Crippen LogP contribution >= 0.6 is 0 Å². The number of carbonyl (C=O) groups excluding carboxylic acids is 2. The monoisotopic (exact) mass is 187 g/mol. The lowest BCUT2D eigenvalue weighted by molar-refractivity contribution is -0.123. The largest absolute Gasteiger partial charge is 0.453 e. The Morgan fingerprint density at radius 3 is 2.77 bits per heavy atom. The summed E-state index contributed by atoms with van der Waals surface area (Å²) >= 11 is 0. The minimum absolute atomic E-state index is 0.0593. The third kappa shape index (κ3) is 2.09. The van der Waals surface area contributed by atoms with Crippen LogP contribution in [0, 0.1) is 0 Å². The maximum Gasteiger partial charge on any atom is 0.409 e. The Kier molecular flexibility index (Phi) is 3.07. The molecule has 1 saturated heterocycles. The summed E-state index contributed by atoms with van der Waals surface area (Å²) in [5.41, 5.74) is 2.02. The smallest absolute Gasteiger partial charge is 0.409 e. The highest BCUT2D eigenvalue weighted by Gasteiger charge is 2.34. The topological polar surface area (TPSA) is 84.7 Å². The average molecular weight is 187 g/mol. The van der Waals surface area contributed by atoms with Crippen LogP contribution in [0.1, 0.15) is 12.8 Å². The molecule has 6 nitrogen and oxygen atoms in total. The minimum atomic E-state index is -0.388. The number of rotatable bonds is 2. The minimum Gasteiger partial charge on any atom is -0.453 e. The highest BCUT2D eigenvalue weighted by molar-refractivity contribution is 5.77. The fourth-order valence-corrected chi connectivity index (χ4v) is 1.28. The summed E-state index contributed by atoms with van der Waals surface area (Å²) in [5.74, 6) is 4.65. The molecule has 0 spiro atoms. The van der Waals surface area contributed by atoms with Gasteiger partial charge in [-0.1, -0.05) is 0 Å². The zero-order chi connectivity index (χ0) is 9.84. The number of hydrogen-bond acceptors (Lipinski definition) is 4. The number of amides is 2. The van der Waals surface area contributed by atoms with Gasteiger partial charge in [0.25, 0.3) is 0 Å². The summed E-state index contributed by atoms with van der Waals surface area (Å²) in [5, 5.41) is 0. The maximum atomic E-state index is 11.0. The van der Waals surface area contributed by atoms with Gasteiger partial charge < -0.3 is 9.64 Å². The molecule has 74 valence electrons. The lowest BCUT2D eigenvalue weighted by atomic mass is 10.0. The molecule has 6 heteroatoms. The van der Waals surface area contributed by atoms with Gasteiger partial charge in [0.05, 0.1) is 7.11 Å². The fraction of sp³-hybridized carbons (Fsp3) is 0.714. The van der Waals surface area contributed by atoms with Gasteiger partial charge in [-0.15, -0.1) is 0 Å². The van der Waals surface area contributed by atoms with Crippen molar-refractivity contribution in [3.05, 3.63) is 0 Å². The van der Waals surface area contributed by atoms with E-state index in [1.165, 1.54) is 12.0 Å². The first kappa shape index (κ1) is 9.79. The molecule has 1 unspecified atom stereocenters. The zero-order valence-electron chi connectivity index (χ0n) is 7.45. The number of hydrogen-bond donors (Lipinski definition) is 2. The number of nitrogens with one attached hydrogen (secondary N) is 1. The van der Waals surface area contributed by atoms with E-state index in [0.29, 0.717) is 6.54 Å². The van der Waals surface area contributed by atoms with Crippen LogP contribution in [0.4, 0.5) is 4.79 Å². The number of hydrazine groups is 1. The zero-order valence-corrected chi connectivity index (χ0v) is 7.45. The molecule has 1 rings (SSSR count).